The third-order valence-electron chi connectivity index (χ3n) is 7.20. The average Bonchev–Trinajstić information content (AvgIpc) is 3.38. The van der Waals surface area contributed by atoms with Crippen LogP contribution in [0.2, 0.25) is 0 Å². The van der Waals surface area contributed by atoms with Crippen LogP contribution in [0.4, 0.5) is 17.1 Å². The van der Waals surface area contributed by atoms with Crippen molar-refractivity contribution in [3.05, 3.63) is 65.7 Å². The Hall–Kier alpha value is -4.33. The lowest BCUT2D eigenvalue weighted by atomic mass is 9.86. The fourth-order valence-electron chi connectivity index (χ4n) is 5.33. The highest BCUT2D eigenvalue weighted by Crippen LogP contribution is 2.46. The van der Waals surface area contributed by atoms with Crippen molar-refractivity contribution in [2.45, 2.75) is 19.8 Å². The van der Waals surface area contributed by atoms with Gasteiger partial charge in [0.2, 0.25) is 0 Å². The lowest BCUT2D eigenvalue weighted by molar-refractivity contribution is -0.148. The first-order valence-corrected chi connectivity index (χ1v) is 12.5. The maximum atomic E-state index is 13.8. The Labute approximate surface area is 214 Å². The normalized spacial score (nSPS) is 15.0. The van der Waals surface area contributed by atoms with E-state index in [1.807, 2.05) is 61.5 Å². The monoisotopic (exact) mass is 497 g/mol. The van der Waals surface area contributed by atoms with Crippen LogP contribution in [0.1, 0.15) is 35.7 Å². The number of hydrogen-bond acceptors (Lipinski definition) is 8. The molecule has 3 aromatic carbocycles. The zero-order valence-electron chi connectivity index (χ0n) is 20.7. The molecular formula is C29H27N3O5. The summed E-state index contributed by atoms with van der Waals surface area (Å²) in [6.45, 7) is 3.56. The lowest BCUT2D eigenvalue weighted by Crippen LogP contribution is -2.37. The van der Waals surface area contributed by atoms with Crippen molar-refractivity contribution in [3.63, 3.8) is 0 Å². The number of ketones is 1. The number of piperidine rings is 1. The van der Waals surface area contributed by atoms with Gasteiger partial charge in [-0.2, -0.15) is 0 Å². The molecule has 4 aromatic rings. The van der Waals surface area contributed by atoms with E-state index in [1.165, 1.54) is 0 Å². The first-order valence-electron chi connectivity index (χ1n) is 12.5. The molecule has 0 amide bonds. The molecule has 1 N–H and O–H groups in total. The van der Waals surface area contributed by atoms with Crippen LogP contribution >= 0.6 is 0 Å². The molecule has 1 aliphatic heterocycles. The highest BCUT2D eigenvalue weighted by molar-refractivity contribution is 6.28. The summed E-state index contributed by atoms with van der Waals surface area (Å²) in [5.74, 6) is 1.04. The minimum absolute atomic E-state index is 0.0696. The van der Waals surface area contributed by atoms with E-state index in [9.17, 15) is 9.59 Å². The van der Waals surface area contributed by atoms with E-state index in [1.54, 1.807) is 7.11 Å². The number of fused-ring (bicyclic) bond motifs is 2. The third-order valence-corrected chi connectivity index (χ3v) is 7.20. The second-order valence-corrected chi connectivity index (χ2v) is 9.30. The summed E-state index contributed by atoms with van der Waals surface area (Å²) in [5.41, 5.74) is 4.93. The zero-order valence-corrected chi connectivity index (χ0v) is 20.7. The van der Waals surface area contributed by atoms with Crippen LogP contribution in [0, 0.1) is 5.92 Å². The van der Waals surface area contributed by atoms with E-state index in [0.717, 1.165) is 22.7 Å². The second-order valence-electron chi connectivity index (χ2n) is 9.30. The molecule has 0 atom stereocenters. The summed E-state index contributed by atoms with van der Waals surface area (Å²) in [5, 5.41) is 8.62. The molecule has 188 valence electrons. The average molecular weight is 498 g/mol. The van der Waals surface area contributed by atoms with Gasteiger partial charge in [0.25, 0.3) is 0 Å². The number of nitrogens with one attached hydrogen (secondary N) is 1. The number of aromatic nitrogens is 1. The highest BCUT2D eigenvalue weighted by atomic mass is 16.5. The van der Waals surface area contributed by atoms with Gasteiger partial charge in [0, 0.05) is 29.9 Å². The van der Waals surface area contributed by atoms with E-state index < -0.39 is 0 Å². The van der Waals surface area contributed by atoms with E-state index in [0.29, 0.717) is 66.0 Å². The Morgan fingerprint density at radius 2 is 1.84 bits per heavy atom. The standard InChI is InChI=1S/C29H27N3O5/c1-3-36-29(34)17-12-14-32(15-13-17)23-16-22(30-18-8-10-19(35-2)11-9-18)24-25-26(23)31-37-28(25)21-7-5-4-6-20(21)27(24)33/h4-11,16-17,30H,3,12-15H2,1-2H3. The number of ether oxygens (including phenoxy) is 2. The lowest BCUT2D eigenvalue weighted by Gasteiger charge is -2.33. The quantitative estimate of drug-likeness (QED) is 0.304. The molecule has 0 unspecified atom stereocenters. The van der Waals surface area contributed by atoms with Crippen LogP contribution in [0.5, 0.6) is 5.75 Å². The largest absolute Gasteiger partial charge is 0.497 e. The summed E-state index contributed by atoms with van der Waals surface area (Å²) in [6.07, 6.45) is 1.38. The van der Waals surface area contributed by atoms with E-state index >= 15 is 0 Å². The van der Waals surface area contributed by atoms with Crippen molar-refractivity contribution in [1.29, 1.82) is 0 Å². The highest BCUT2D eigenvalue weighted by Gasteiger charge is 2.35. The maximum absolute atomic E-state index is 13.8. The molecule has 8 nitrogen and oxygen atoms in total. The van der Waals surface area contributed by atoms with Gasteiger partial charge in [0.05, 0.1) is 42.0 Å². The molecule has 0 saturated carbocycles. The number of anilines is 3. The molecule has 1 aromatic heterocycles. The van der Waals surface area contributed by atoms with Gasteiger partial charge in [0.15, 0.2) is 11.5 Å². The molecule has 37 heavy (non-hydrogen) atoms. The summed E-state index contributed by atoms with van der Waals surface area (Å²) in [4.78, 5) is 28.3. The number of rotatable bonds is 6. The Balaban J connectivity index is 1.45. The molecular weight excluding hydrogens is 470 g/mol. The van der Waals surface area contributed by atoms with Crippen molar-refractivity contribution >= 4 is 39.7 Å². The predicted octanol–water partition coefficient (Wildman–Crippen LogP) is 5.57. The molecule has 6 rings (SSSR count). The van der Waals surface area contributed by atoms with Gasteiger partial charge in [-0.1, -0.05) is 29.4 Å². The van der Waals surface area contributed by atoms with Gasteiger partial charge in [-0.05, 0) is 50.1 Å². The number of benzene rings is 3. The number of carbonyl (C=O) groups excluding carboxylic acids is 2. The number of nitrogens with zero attached hydrogens (tertiary/aromatic N) is 2. The van der Waals surface area contributed by atoms with Crippen molar-refractivity contribution in [2.24, 2.45) is 5.92 Å². The molecule has 1 aliphatic carbocycles. The van der Waals surface area contributed by atoms with Crippen LogP contribution < -0.4 is 15.0 Å². The molecule has 1 fully saturated rings. The van der Waals surface area contributed by atoms with Crippen LogP contribution in [0.3, 0.4) is 0 Å². The van der Waals surface area contributed by atoms with Gasteiger partial charge in [-0.15, -0.1) is 0 Å². The number of carbonyl (C=O) groups is 2. The first-order chi connectivity index (χ1) is 18.1. The molecule has 0 spiro atoms. The molecule has 2 aliphatic rings. The first kappa shape index (κ1) is 23.1. The third kappa shape index (κ3) is 3.89. The van der Waals surface area contributed by atoms with Crippen LogP contribution in [-0.4, -0.2) is 43.7 Å². The smallest absolute Gasteiger partial charge is 0.309 e. The van der Waals surface area contributed by atoms with Crippen LogP contribution in [0.25, 0.3) is 22.2 Å². The van der Waals surface area contributed by atoms with Crippen LogP contribution in [-0.2, 0) is 9.53 Å². The molecule has 1 saturated heterocycles. The minimum Gasteiger partial charge on any atom is -0.497 e. The molecule has 0 radical (unpaired) electrons. The van der Waals surface area contributed by atoms with Gasteiger partial charge >= 0.3 is 5.97 Å². The Morgan fingerprint density at radius 1 is 1.11 bits per heavy atom. The van der Waals surface area contributed by atoms with Crippen molar-refractivity contribution < 1.29 is 23.6 Å². The maximum Gasteiger partial charge on any atom is 0.309 e. The Bertz CT molecular complexity index is 1500. The number of methoxy groups -OCH3 is 1. The van der Waals surface area contributed by atoms with E-state index in [-0.39, 0.29) is 17.7 Å². The summed E-state index contributed by atoms with van der Waals surface area (Å²) in [6, 6.07) is 17.0. The number of esters is 1. The number of hydrogen-bond donors (Lipinski definition) is 1. The van der Waals surface area contributed by atoms with Gasteiger partial charge in [-0.3, -0.25) is 9.59 Å². The van der Waals surface area contributed by atoms with Gasteiger partial charge in [-0.25, -0.2) is 0 Å². The van der Waals surface area contributed by atoms with Crippen molar-refractivity contribution in [1.82, 2.24) is 5.16 Å². The molecule has 0 bridgehead atoms. The second kappa shape index (κ2) is 9.28. The Morgan fingerprint density at radius 3 is 2.54 bits per heavy atom. The van der Waals surface area contributed by atoms with Gasteiger partial charge in [0.1, 0.15) is 11.3 Å². The fraction of sp³-hybridized carbons (Fsp3) is 0.276. The van der Waals surface area contributed by atoms with Gasteiger partial charge < -0.3 is 24.2 Å². The fourth-order valence-corrected chi connectivity index (χ4v) is 5.33. The summed E-state index contributed by atoms with van der Waals surface area (Å²) < 4.78 is 16.4. The summed E-state index contributed by atoms with van der Waals surface area (Å²) in [7, 11) is 1.63. The van der Waals surface area contributed by atoms with E-state index in [4.69, 9.17) is 14.0 Å². The Kier molecular flexibility index (Phi) is 5.79. The zero-order chi connectivity index (χ0) is 25.5. The SMILES string of the molecule is CCOC(=O)C1CCN(c2cc(Nc3ccc(OC)cc3)c3c4c(onc24)-c2ccccc2C3=O)CC1. The predicted molar refractivity (Wildman–Crippen MR) is 141 cm³/mol. The van der Waals surface area contributed by atoms with Crippen molar-refractivity contribution in [2.75, 3.05) is 37.0 Å². The topological polar surface area (TPSA) is 93.9 Å². The van der Waals surface area contributed by atoms with Crippen LogP contribution in [0.15, 0.2) is 59.1 Å². The summed E-state index contributed by atoms with van der Waals surface area (Å²) >= 11 is 0. The minimum atomic E-state index is -0.134. The molecule has 2 heterocycles. The van der Waals surface area contributed by atoms with E-state index in [2.05, 4.69) is 15.4 Å². The van der Waals surface area contributed by atoms with Crippen molar-refractivity contribution in [3.8, 4) is 17.1 Å². The molecule has 8 heteroatoms.